The van der Waals surface area contributed by atoms with Crippen molar-refractivity contribution in [3.05, 3.63) is 10.4 Å². The molecule has 0 radical (unpaired) electrons. The molecule has 120 valence electrons. The summed E-state index contributed by atoms with van der Waals surface area (Å²) >= 11 is 0. The zero-order chi connectivity index (χ0) is 15.9. The molecule has 0 aliphatic carbocycles. The molecule has 1 unspecified atom stereocenters. The lowest BCUT2D eigenvalue weighted by Gasteiger charge is -2.27. The van der Waals surface area contributed by atoms with Crippen LogP contribution in [0.2, 0.25) is 0 Å². The summed E-state index contributed by atoms with van der Waals surface area (Å²) in [4.78, 5) is 14.8. The maximum absolute atomic E-state index is 12.3. The average Bonchev–Trinajstić information content (AvgIpc) is 2.44. The van der Waals surface area contributed by atoms with Crippen LogP contribution in [0.15, 0.2) is 5.11 Å². The lowest BCUT2D eigenvalue weighted by Crippen LogP contribution is -2.46. The highest BCUT2D eigenvalue weighted by Gasteiger charge is 2.42. The van der Waals surface area contributed by atoms with Crippen molar-refractivity contribution in [3.8, 4) is 0 Å². The monoisotopic (exact) mass is 319 g/mol. The second-order valence-corrected chi connectivity index (χ2v) is 7.68. The number of hydrogen-bond donors (Lipinski definition) is 0. The number of rotatable bonds is 8. The summed E-state index contributed by atoms with van der Waals surface area (Å²) in [7, 11) is -3.65. The first-order valence-electron chi connectivity index (χ1n) is 6.78. The molecule has 1 heterocycles. The van der Waals surface area contributed by atoms with Crippen molar-refractivity contribution >= 4 is 15.6 Å². The molecule has 1 fully saturated rings. The van der Waals surface area contributed by atoms with E-state index in [-0.39, 0.29) is 19.6 Å². The van der Waals surface area contributed by atoms with Gasteiger partial charge in [-0.2, -0.15) is 0 Å². The van der Waals surface area contributed by atoms with Gasteiger partial charge in [-0.25, -0.2) is 8.42 Å². The van der Waals surface area contributed by atoms with Gasteiger partial charge in [-0.3, -0.25) is 4.79 Å². The molecule has 0 amide bonds. The van der Waals surface area contributed by atoms with Crippen molar-refractivity contribution in [2.24, 2.45) is 5.11 Å². The van der Waals surface area contributed by atoms with Gasteiger partial charge in [-0.05, 0) is 38.1 Å². The zero-order valence-electron chi connectivity index (χ0n) is 12.3. The summed E-state index contributed by atoms with van der Waals surface area (Å²) < 4.78 is 32.9. The lowest BCUT2D eigenvalue weighted by atomic mass is 10.0. The van der Waals surface area contributed by atoms with Gasteiger partial charge in [-0.15, -0.1) is 0 Å². The Bertz CT molecular complexity index is 509. The first-order valence-corrected chi connectivity index (χ1v) is 8.67. The molecule has 0 saturated carbocycles. The Morgan fingerprint density at radius 3 is 2.76 bits per heavy atom. The minimum atomic E-state index is -3.65. The van der Waals surface area contributed by atoms with E-state index in [1.54, 1.807) is 0 Å². The number of ether oxygens (including phenoxy) is 2. The maximum atomic E-state index is 12.3. The van der Waals surface area contributed by atoms with Crippen molar-refractivity contribution in [1.29, 1.82) is 0 Å². The van der Waals surface area contributed by atoms with Crippen LogP contribution in [-0.4, -0.2) is 51.3 Å². The molecule has 1 aliphatic rings. The Hall–Kier alpha value is -1.15. The Kier molecular flexibility index (Phi) is 6.60. The van der Waals surface area contributed by atoms with Gasteiger partial charge >= 0.3 is 0 Å². The number of hydrogen-bond acceptors (Lipinski definition) is 6. The van der Waals surface area contributed by atoms with E-state index in [1.807, 2.05) is 0 Å². The highest BCUT2D eigenvalue weighted by atomic mass is 32.2. The van der Waals surface area contributed by atoms with Gasteiger partial charge < -0.3 is 9.47 Å². The minimum absolute atomic E-state index is 0.0638. The zero-order valence-corrected chi connectivity index (χ0v) is 13.1. The van der Waals surface area contributed by atoms with E-state index in [0.29, 0.717) is 13.0 Å². The van der Waals surface area contributed by atoms with Crippen LogP contribution >= 0.6 is 0 Å². The van der Waals surface area contributed by atoms with Crippen LogP contribution in [0.25, 0.3) is 10.4 Å². The van der Waals surface area contributed by atoms with Gasteiger partial charge in [-0.1, -0.05) is 5.11 Å². The third-order valence-electron chi connectivity index (χ3n) is 3.70. The number of nitrogens with zero attached hydrogens (tertiary/aromatic N) is 3. The first kappa shape index (κ1) is 17.9. The summed E-state index contributed by atoms with van der Waals surface area (Å²) in [5.41, 5.74) is 8.26. The van der Waals surface area contributed by atoms with Gasteiger partial charge in [0.05, 0.1) is 0 Å². The second-order valence-electron chi connectivity index (χ2n) is 5.24. The molecule has 2 atom stereocenters. The summed E-state index contributed by atoms with van der Waals surface area (Å²) in [6.07, 6.45) is 3.09. The van der Waals surface area contributed by atoms with Crippen LogP contribution < -0.4 is 0 Å². The van der Waals surface area contributed by atoms with Crippen molar-refractivity contribution < 1.29 is 22.7 Å². The van der Waals surface area contributed by atoms with Crippen molar-refractivity contribution in [3.63, 3.8) is 0 Å². The average molecular weight is 319 g/mol. The van der Waals surface area contributed by atoms with Crippen LogP contribution in [0.3, 0.4) is 0 Å². The molecule has 8 nitrogen and oxygen atoms in total. The molecule has 21 heavy (non-hydrogen) atoms. The SMILES string of the molecule is C[C@@](CCN=[N+]=[N-])(C(=O)COC1CCCCO1)S(C)(=O)=O. The molecule has 0 N–H and O–H groups in total. The smallest absolute Gasteiger partial charge is 0.179 e. The number of Topliss-reactive ketones (excluding diaryl/α,β-unsaturated/α-hetero) is 1. The van der Waals surface area contributed by atoms with Gasteiger partial charge in [0.1, 0.15) is 11.4 Å². The van der Waals surface area contributed by atoms with E-state index >= 15 is 0 Å². The topological polar surface area (TPSA) is 118 Å². The summed E-state index contributed by atoms with van der Waals surface area (Å²) in [6, 6.07) is 0. The third-order valence-corrected chi connectivity index (χ3v) is 5.77. The summed E-state index contributed by atoms with van der Waals surface area (Å²) in [5, 5.41) is 3.30. The number of azide groups is 1. The predicted molar refractivity (Wildman–Crippen MR) is 76.4 cm³/mol. The molecule has 0 bridgehead atoms. The van der Waals surface area contributed by atoms with Crippen LogP contribution in [-0.2, 0) is 24.1 Å². The van der Waals surface area contributed by atoms with Crippen molar-refractivity contribution in [2.75, 3.05) is 26.0 Å². The molecule has 0 aromatic rings. The van der Waals surface area contributed by atoms with Crippen LogP contribution in [0.1, 0.15) is 32.6 Å². The quantitative estimate of drug-likeness (QED) is 0.382. The third kappa shape index (κ3) is 4.96. The number of sulfone groups is 1. The van der Waals surface area contributed by atoms with E-state index in [2.05, 4.69) is 10.0 Å². The fourth-order valence-electron chi connectivity index (χ4n) is 2.00. The van der Waals surface area contributed by atoms with E-state index in [0.717, 1.165) is 19.1 Å². The molecule has 1 aliphatic heterocycles. The molecule has 0 aromatic heterocycles. The molecule has 0 spiro atoms. The normalized spacial score (nSPS) is 22.1. The minimum Gasteiger partial charge on any atom is -0.353 e. The molecule has 1 saturated heterocycles. The molecule has 9 heteroatoms. The molecular weight excluding hydrogens is 298 g/mol. The highest BCUT2D eigenvalue weighted by Crippen LogP contribution is 2.23. The van der Waals surface area contributed by atoms with Crippen LogP contribution in [0, 0.1) is 0 Å². The predicted octanol–water partition coefficient (Wildman–Crippen LogP) is 1.60. The second kappa shape index (κ2) is 7.74. The Balaban J connectivity index is 2.68. The fourth-order valence-corrected chi connectivity index (χ4v) is 2.94. The summed E-state index contributed by atoms with van der Waals surface area (Å²) in [6.45, 7) is 1.53. The van der Waals surface area contributed by atoms with E-state index < -0.39 is 26.7 Å². The van der Waals surface area contributed by atoms with Gasteiger partial charge in [0.25, 0.3) is 0 Å². The lowest BCUT2D eigenvalue weighted by molar-refractivity contribution is -0.170. The number of carbonyl (C=O) groups excluding carboxylic acids is 1. The summed E-state index contributed by atoms with van der Waals surface area (Å²) in [5.74, 6) is -0.549. The molecule has 0 aromatic carbocycles. The van der Waals surface area contributed by atoms with Crippen molar-refractivity contribution in [1.82, 2.24) is 0 Å². The van der Waals surface area contributed by atoms with E-state index in [4.69, 9.17) is 15.0 Å². The standard InChI is InChI=1S/C12H21N3O5S/c1-12(21(2,17)18,6-7-14-15-13)10(16)9-20-11-5-3-4-8-19-11/h11H,3-9H2,1-2H3/t11?,12-/m1/s1. The Labute approximate surface area is 124 Å². The number of carbonyl (C=O) groups is 1. The van der Waals surface area contributed by atoms with Crippen LogP contribution in [0.4, 0.5) is 0 Å². The maximum Gasteiger partial charge on any atom is 0.179 e. The Morgan fingerprint density at radius 2 is 2.24 bits per heavy atom. The van der Waals surface area contributed by atoms with Crippen molar-refractivity contribution in [2.45, 2.75) is 43.6 Å². The molecule has 1 rings (SSSR count). The fraction of sp³-hybridized carbons (Fsp3) is 0.917. The molecular formula is C12H21N3O5S. The van der Waals surface area contributed by atoms with Gasteiger partial charge in [0, 0.05) is 24.3 Å². The largest absolute Gasteiger partial charge is 0.353 e. The van der Waals surface area contributed by atoms with E-state index in [9.17, 15) is 13.2 Å². The van der Waals surface area contributed by atoms with Gasteiger partial charge in [0.15, 0.2) is 21.9 Å². The first-order chi connectivity index (χ1) is 9.81. The van der Waals surface area contributed by atoms with Crippen LogP contribution in [0.5, 0.6) is 0 Å². The Morgan fingerprint density at radius 1 is 1.52 bits per heavy atom. The highest BCUT2D eigenvalue weighted by molar-refractivity contribution is 7.92. The number of ketones is 1. The van der Waals surface area contributed by atoms with E-state index in [1.165, 1.54) is 6.92 Å². The van der Waals surface area contributed by atoms with Gasteiger partial charge in [0.2, 0.25) is 0 Å².